The first-order valence-electron chi connectivity index (χ1n) is 13.0. The van der Waals surface area contributed by atoms with Gasteiger partial charge < -0.3 is 4.74 Å². The minimum absolute atomic E-state index is 0.123. The molecule has 0 N–H and O–H groups in total. The minimum atomic E-state index is -0.126. The lowest BCUT2D eigenvalue weighted by atomic mass is 9.78. The number of hydrogen-bond donors (Lipinski definition) is 0. The molecular formula is C28H44O2. The van der Waals surface area contributed by atoms with Gasteiger partial charge in [0.15, 0.2) is 0 Å². The van der Waals surface area contributed by atoms with Crippen molar-refractivity contribution >= 4 is 5.97 Å². The van der Waals surface area contributed by atoms with Crippen molar-refractivity contribution in [3.05, 3.63) is 35.4 Å². The first-order chi connectivity index (χ1) is 14.7. The van der Waals surface area contributed by atoms with Crippen molar-refractivity contribution in [2.24, 2.45) is 11.8 Å². The van der Waals surface area contributed by atoms with E-state index in [1.54, 1.807) is 0 Å². The van der Waals surface area contributed by atoms with Crippen molar-refractivity contribution in [3.8, 4) is 0 Å². The maximum Gasteiger partial charge on any atom is 0.338 e. The van der Waals surface area contributed by atoms with Gasteiger partial charge in [-0.15, -0.1) is 0 Å². The molecule has 2 fully saturated rings. The van der Waals surface area contributed by atoms with E-state index in [-0.39, 0.29) is 12.1 Å². The van der Waals surface area contributed by atoms with Crippen LogP contribution in [0.15, 0.2) is 24.3 Å². The molecule has 0 atom stereocenters. The number of esters is 1. The van der Waals surface area contributed by atoms with Crippen LogP contribution >= 0.6 is 0 Å². The first-order valence-corrected chi connectivity index (χ1v) is 13.0. The third-order valence-electron chi connectivity index (χ3n) is 7.83. The average Bonchev–Trinajstić information content (AvgIpc) is 2.80. The molecule has 0 bridgehead atoms. The highest BCUT2D eigenvalue weighted by atomic mass is 16.5. The van der Waals surface area contributed by atoms with Crippen LogP contribution < -0.4 is 0 Å². The Morgan fingerprint density at radius 1 is 0.800 bits per heavy atom. The molecule has 1 aromatic carbocycles. The molecular weight excluding hydrogens is 368 g/mol. The van der Waals surface area contributed by atoms with Gasteiger partial charge in [0.1, 0.15) is 6.10 Å². The van der Waals surface area contributed by atoms with Crippen LogP contribution in [0.2, 0.25) is 0 Å². The third-order valence-corrected chi connectivity index (χ3v) is 7.83. The summed E-state index contributed by atoms with van der Waals surface area (Å²) in [5.74, 6) is 2.32. The fourth-order valence-corrected chi connectivity index (χ4v) is 5.59. The fraction of sp³-hybridized carbons (Fsp3) is 0.750. The summed E-state index contributed by atoms with van der Waals surface area (Å²) in [6, 6.07) is 8.32. The Labute approximate surface area is 185 Å². The van der Waals surface area contributed by atoms with Gasteiger partial charge >= 0.3 is 5.97 Å². The molecule has 0 aliphatic heterocycles. The molecule has 2 nitrogen and oxygen atoms in total. The van der Waals surface area contributed by atoms with E-state index in [1.165, 1.54) is 89.0 Å². The van der Waals surface area contributed by atoms with E-state index in [0.29, 0.717) is 5.92 Å². The lowest BCUT2D eigenvalue weighted by Crippen LogP contribution is -2.24. The van der Waals surface area contributed by atoms with Crippen LogP contribution in [0.4, 0.5) is 0 Å². The van der Waals surface area contributed by atoms with Crippen molar-refractivity contribution in [3.63, 3.8) is 0 Å². The number of carbonyl (C=O) groups excluding carboxylic acids is 1. The molecule has 0 heterocycles. The Hall–Kier alpha value is -1.31. The number of unbranched alkanes of at least 4 members (excludes halogenated alkanes) is 4. The molecule has 2 saturated carbocycles. The molecule has 2 aliphatic rings. The Morgan fingerprint density at radius 2 is 1.43 bits per heavy atom. The lowest BCUT2D eigenvalue weighted by molar-refractivity contribution is 0.0161. The van der Waals surface area contributed by atoms with Gasteiger partial charge in [-0.1, -0.05) is 70.9 Å². The molecule has 0 unspecified atom stereocenters. The van der Waals surface area contributed by atoms with Crippen molar-refractivity contribution in [2.45, 2.75) is 122 Å². The predicted molar refractivity (Wildman–Crippen MR) is 126 cm³/mol. The van der Waals surface area contributed by atoms with Crippen LogP contribution in [-0.2, 0) is 4.74 Å². The van der Waals surface area contributed by atoms with E-state index >= 15 is 0 Å². The summed E-state index contributed by atoms with van der Waals surface area (Å²) in [5, 5.41) is 0. The second kappa shape index (κ2) is 12.5. The van der Waals surface area contributed by atoms with Crippen LogP contribution in [-0.4, -0.2) is 12.1 Å². The maximum atomic E-state index is 12.6. The van der Waals surface area contributed by atoms with Crippen LogP contribution in [0.3, 0.4) is 0 Å². The SMILES string of the molecule is CCCCCCCC1CCC(OC(=O)c2ccc(C3CCC(CC)CC3)cc2)CC1. The zero-order valence-electron chi connectivity index (χ0n) is 19.5. The minimum Gasteiger partial charge on any atom is -0.459 e. The summed E-state index contributed by atoms with van der Waals surface area (Å²) in [5.41, 5.74) is 2.12. The molecule has 0 saturated heterocycles. The highest BCUT2D eigenvalue weighted by Crippen LogP contribution is 2.37. The molecule has 168 valence electrons. The van der Waals surface area contributed by atoms with Crippen LogP contribution in [0.1, 0.15) is 132 Å². The van der Waals surface area contributed by atoms with E-state index in [9.17, 15) is 4.79 Å². The smallest absolute Gasteiger partial charge is 0.338 e. The molecule has 0 spiro atoms. The Morgan fingerprint density at radius 3 is 2.07 bits per heavy atom. The number of benzene rings is 1. The van der Waals surface area contributed by atoms with E-state index in [0.717, 1.165) is 30.2 Å². The topological polar surface area (TPSA) is 26.3 Å². The average molecular weight is 413 g/mol. The van der Waals surface area contributed by atoms with Crippen LogP contribution in [0, 0.1) is 11.8 Å². The molecule has 0 aromatic heterocycles. The van der Waals surface area contributed by atoms with Gasteiger partial charge in [0.25, 0.3) is 0 Å². The summed E-state index contributed by atoms with van der Waals surface area (Å²) >= 11 is 0. The Balaban J connectivity index is 1.37. The molecule has 0 radical (unpaired) electrons. The predicted octanol–water partition coefficient (Wildman–Crippen LogP) is 8.45. The molecule has 0 amide bonds. The van der Waals surface area contributed by atoms with Crippen LogP contribution in [0.5, 0.6) is 0 Å². The van der Waals surface area contributed by atoms with Gasteiger partial charge in [0, 0.05) is 0 Å². The first kappa shape index (κ1) is 23.4. The monoisotopic (exact) mass is 412 g/mol. The zero-order chi connectivity index (χ0) is 21.2. The quantitative estimate of drug-likeness (QED) is 0.284. The van der Waals surface area contributed by atoms with Gasteiger partial charge in [-0.3, -0.25) is 0 Å². The van der Waals surface area contributed by atoms with Gasteiger partial charge in [0.2, 0.25) is 0 Å². The van der Waals surface area contributed by atoms with E-state index in [2.05, 4.69) is 26.0 Å². The molecule has 2 aliphatic carbocycles. The third kappa shape index (κ3) is 7.13. The number of rotatable bonds is 10. The number of carbonyl (C=O) groups is 1. The van der Waals surface area contributed by atoms with Crippen molar-refractivity contribution in [1.82, 2.24) is 0 Å². The number of ether oxygens (including phenoxy) is 1. The second-order valence-electron chi connectivity index (χ2n) is 10.00. The van der Waals surface area contributed by atoms with E-state index < -0.39 is 0 Å². The summed E-state index contributed by atoms with van der Waals surface area (Å²) in [6.45, 7) is 4.58. The highest BCUT2D eigenvalue weighted by Gasteiger charge is 2.25. The maximum absolute atomic E-state index is 12.6. The molecule has 2 heteroatoms. The van der Waals surface area contributed by atoms with Crippen LogP contribution in [0.25, 0.3) is 0 Å². The van der Waals surface area contributed by atoms with Gasteiger partial charge in [-0.2, -0.15) is 0 Å². The van der Waals surface area contributed by atoms with Gasteiger partial charge in [-0.05, 0) is 86.8 Å². The normalized spacial score (nSPS) is 27.0. The highest BCUT2D eigenvalue weighted by molar-refractivity contribution is 5.89. The molecule has 3 rings (SSSR count). The lowest BCUT2D eigenvalue weighted by Gasteiger charge is -2.29. The van der Waals surface area contributed by atoms with Gasteiger partial charge in [0.05, 0.1) is 5.56 Å². The van der Waals surface area contributed by atoms with Crippen molar-refractivity contribution < 1.29 is 9.53 Å². The zero-order valence-corrected chi connectivity index (χ0v) is 19.5. The Kier molecular flexibility index (Phi) is 9.75. The molecule has 30 heavy (non-hydrogen) atoms. The largest absolute Gasteiger partial charge is 0.459 e. The fourth-order valence-electron chi connectivity index (χ4n) is 5.59. The van der Waals surface area contributed by atoms with E-state index in [4.69, 9.17) is 4.74 Å². The summed E-state index contributed by atoms with van der Waals surface area (Å²) < 4.78 is 5.86. The van der Waals surface area contributed by atoms with Crippen molar-refractivity contribution in [1.29, 1.82) is 0 Å². The summed E-state index contributed by atoms with van der Waals surface area (Å²) in [6.07, 6.45) is 19.5. The number of hydrogen-bond acceptors (Lipinski definition) is 2. The summed E-state index contributed by atoms with van der Waals surface area (Å²) in [7, 11) is 0. The second-order valence-corrected chi connectivity index (χ2v) is 10.00. The standard InChI is InChI=1S/C28H44O2/c1-3-5-6-7-8-9-23-12-20-27(21-13-23)30-28(29)26-18-16-25(17-19-26)24-14-10-22(4-2)11-15-24/h16-19,22-24,27H,3-15,20-21H2,1-2H3. The summed E-state index contributed by atoms with van der Waals surface area (Å²) in [4.78, 5) is 12.6. The Bertz CT molecular complexity index is 604. The van der Waals surface area contributed by atoms with E-state index in [1.807, 2.05) is 12.1 Å². The van der Waals surface area contributed by atoms with Crippen molar-refractivity contribution in [2.75, 3.05) is 0 Å². The van der Waals surface area contributed by atoms with Gasteiger partial charge in [-0.25, -0.2) is 4.79 Å². The molecule has 1 aromatic rings.